The third kappa shape index (κ3) is 4.34. The summed E-state index contributed by atoms with van der Waals surface area (Å²) in [4.78, 5) is 3.81. The lowest BCUT2D eigenvalue weighted by atomic mass is 10.00. The minimum atomic E-state index is -4.37. The van der Waals surface area contributed by atoms with E-state index in [2.05, 4.69) is 18.8 Å². The molecule has 1 aromatic heterocycles. The van der Waals surface area contributed by atoms with Crippen LogP contribution in [0.15, 0.2) is 36.5 Å². The Morgan fingerprint density at radius 2 is 1.83 bits per heavy atom. The molecule has 0 aliphatic carbocycles. The van der Waals surface area contributed by atoms with E-state index in [-0.39, 0.29) is 0 Å². The van der Waals surface area contributed by atoms with Crippen molar-refractivity contribution in [2.75, 3.05) is 7.11 Å². The van der Waals surface area contributed by atoms with Crippen LogP contribution < -0.4 is 4.74 Å². The maximum absolute atomic E-state index is 12.5. The van der Waals surface area contributed by atoms with Crippen LogP contribution in [0.4, 0.5) is 13.2 Å². The SMILES string of the molecule is COc1cc(/C=C/c2ccc(C(F)(F)F)cn2)ccc1C(C)C. The van der Waals surface area contributed by atoms with Gasteiger partial charge in [0, 0.05) is 6.20 Å². The molecule has 0 saturated heterocycles. The average Bonchev–Trinajstić information content (AvgIpc) is 2.52. The summed E-state index contributed by atoms with van der Waals surface area (Å²) in [6.45, 7) is 4.17. The van der Waals surface area contributed by atoms with Gasteiger partial charge in [-0.15, -0.1) is 0 Å². The van der Waals surface area contributed by atoms with Crippen molar-refractivity contribution in [2.45, 2.75) is 25.9 Å². The fourth-order valence-corrected chi connectivity index (χ4v) is 2.16. The first-order valence-corrected chi connectivity index (χ1v) is 7.20. The van der Waals surface area contributed by atoms with Crippen LogP contribution in [0.25, 0.3) is 12.2 Å². The van der Waals surface area contributed by atoms with Gasteiger partial charge >= 0.3 is 6.18 Å². The van der Waals surface area contributed by atoms with Gasteiger partial charge in [-0.2, -0.15) is 13.2 Å². The predicted octanol–water partition coefficient (Wildman–Crippen LogP) is 5.40. The molecule has 2 nitrogen and oxygen atoms in total. The Labute approximate surface area is 133 Å². The molecule has 2 rings (SSSR count). The summed E-state index contributed by atoms with van der Waals surface area (Å²) in [7, 11) is 1.62. The minimum Gasteiger partial charge on any atom is -0.496 e. The summed E-state index contributed by atoms with van der Waals surface area (Å²) in [6.07, 6.45) is -0.0659. The van der Waals surface area contributed by atoms with Gasteiger partial charge in [0.25, 0.3) is 0 Å². The molecule has 122 valence electrons. The van der Waals surface area contributed by atoms with Crippen LogP contribution in [-0.2, 0) is 6.18 Å². The van der Waals surface area contributed by atoms with Crippen molar-refractivity contribution >= 4 is 12.2 Å². The van der Waals surface area contributed by atoms with Crippen LogP contribution in [0.1, 0.15) is 42.1 Å². The monoisotopic (exact) mass is 321 g/mol. The van der Waals surface area contributed by atoms with Crippen LogP contribution in [0.5, 0.6) is 5.75 Å². The Balaban J connectivity index is 2.20. The quantitative estimate of drug-likeness (QED) is 0.752. The highest BCUT2D eigenvalue weighted by Crippen LogP contribution is 2.29. The van der Waals surface area contributed by atoms with Gasteiger partial charge < -0.3 is 4.74 Å². The molecule has 5 heteroatoms. The highest BCUT2D eigenvalue weighted by atomic mass is 19.4. The van der Waals surface area contributed by atoms with E-state index >= 15 is 0 Å². The number of ether oxygens (including phenoxy) is 1. The molecule has 1 aromatic carbocycles. The van der Waals surface area contributed by atoms with Gasteiger partial charge in [0.1, 0.15) is 5.75 Å². The zero-order chi connectivity index (χ0) is 17.0. The number of pyridine rings is 1. The minimum absolute atomic E-state index is 0.347. The van der Waals surface area contributed by atoms with Crippen molar-refractivity contribution < 1.29 is 17.9 Å². The summed E-state index contributed by atoms with van der Waals surface area (Å²) in [6, 6.07) is 8.20. The summed E-state index contributed by atoms with van der Waals surface area (Å²) in [5.74, 6) is 1.14. The number of hydrogen-bond donors (Lipinski definition) is 0. The molecule has 0 unspecified atom stereocenters. The largest absolute Gasteiger partial charge is 0.496 e. The van der Waals surface area contributed by atoms with Crippen LogP contribution in [0, 0.1) is 0 Å². The third-order valence-electron chi connectivity index (χ3n) is 3.44. The van der Waals surface area contributed by atoms with E-state index in [1.807, 2.05) is 18.2 Å². The Morgan fingerprint density at radius 1 is 1.09 bits per heavy atom. The molecule has 2 aromatic rings. The smallest absolute Gasteiger partial charge is 0.417 e. The first kappa shape index (κ1) is 17.1. The molecule has 0 aliphatic rings. The highest BCUT2D eigenvalue weighted by molar-refractivity contribution is 5.69. The first-order valence-electron chi connectivity index (χ1n) is 7.20. The second kappa shape index (κ2) is 6.86. The summed E-state index contributed by atoms with van der Waals surface area (Å²) in [5.41, 5.74) is 1.72. The van der Waals surface area contributed by atoms with Gasteiger partial charge in [0.15, 0.2) is 0 Å². The average molecular weight is 321 g/mol. The van der Waals surface area contributed by atoms with Crippen molar-refractivity contribution in [3.8, 4) is 5.75 Å². The topological polar surface area (TPSA) is 22.1 Å². The van der Waals surface area contributed by atoms with Crippen molar-refractivity contribution in [1.29, 1.82) is 0 Å². The van der Waals surface area contributed by atoms with Crippen molar-refractivity contribution in [1.82, 2.24) is 4.98 Å². The normalized spacial score (nSPS) is 12.1. The van der Waals surface area contributed by atoms with Crippen molar-refractivity contribution in [3.05, 3.63) is 58.9 Å². The standard InChI is InChI=1S/C18H18F3NO/c1-12(2)16-9-5-13(10-17(16)23-3)4-7-15-8-6-14(11-22-15)18(19,20)21/h4-12H,1-3H3/b7-4+. The van der Waals surface area contributed by atoms with Gasteiger partial charge in [-0.3, -0.25) is 4.98 Å². The third-order valence-corrected chi connectivity index (χ3v) is 3.44. The predicted molar refractivity (Wildman–Crippen MR) is 85.3 cm³/mol. The molecule has 0 amide bonds. The number of rotatable bonds is 4. The number of hydrogen-bond acceptors (Lipinski definition) is 2. The number of aromatic nitrogens is 1. The molecule has 0 saturated carbocycles. The first-order chi connectivity index (χ1) is 10.8. The molecule has 0 radical (unpaired) electrons. The highest BCUT2D eigenvalue weighted by Gasteiger charge is 2.30. The van der Waals surface area contributed by atoms with Gasteiger partial charge in [0.05, 0.1) is 18.4 Å². The Kier molecular flexibility index (Phi) is 5.08. The zero-order valence-electron chi connectivity index (χ0n) is 13.2. The van der Waals surface area contributed by atoms with E-state index in [1.165, 1.54) is 6.07 Å². The lowest BCUT2D eigenvalue weighted by Crippen LogP contribution is -2.05. The Bertz CT molecular complexity index is 688. The van der Waals surface area contributed by atoms with Gasteiger partial charge in [-0.1, -0.05) is 32.1 Å². The number of benzene rings is 1. The summed E-state index contributed by atoms with van der Waals surface area (Å²) in [5, 5.41) is 0. The van der Waals surface area contributed by atoms with Crippen molar-refractivity contribution in [2.24, 2.45) is 0 Å². The molecule has 0 spiro atoms. The second-order valence-electron chi connectivity index (χ2n) is 5.46. The molecular weight excluding hydrogens is 303 g/mol. The van der Waals surface area contributed by atoms with Gasteiger partial charge in [-0.25, -0.2) is 0 Å². The van der Waals surface area contributed by atoms with Crippen molar-refractivity contribution in [3.63, 3.8) is 0 Å². The van der Waals surface area contributed by atoms with Crippen LogP contribution in [0.3, 0.4) is 0 Å². The Hall–Kier alpha value is -2.30. The molecule has 0 atom stereocenters. The van der Waals surface area contributed by atoms with E-state index in [9.17, 15) is 13.2 Å². The van der Waals surface area contributed by atoms with E-state index in [0.717, 1.165) is 29.1 Å². The molecule has 23 heavy (non-hydrogen) atoms. The fraction of sp³-hybridized carbons (Fsp3) is 0.278. The molecule has 0 aliphatic heterocycles. The number of alkyl halides is 3. The van der Waals surface area contributed by atoms with E-state index in [0.29, 0.717) is 11.6 Å². The lowest BCUT2D eigenvalue weighted by molar-refractivity contribution is -0.137. The summed E-state index contributed by atoms with van der Waals surface area (Å²) >= 11 is 0. The van der Waals surface area contributed by atoms with Crippen LogP contribution in [0.2, 0.25) is 0 Å². The number of nitrogens with zero attached hydrogens (tertiary/aromatic N) is 1. The van der Waals surface area contributed by atoms with Crippen LogP contribution >= 0.6 is 0 Å². The summed E-state index contributed by atoms with van der Waals surface area (Å²) < 4.78 is 42.8. The van der Waals surface area contributed by atoms with E-state index < -0.39 is 11.7 Å². The molecule has 0 bridgehead atoms. The lowest BCUT2D eigenvalue weighted by Gasteiger charge is -2.12. The second-order valence-corrected chi connectivity index (χ2v) is 5.46. The van der Waals surface area contributed by atoms with Gasteiger partial charge in [-0.05, 0) is 41.3 Å². The zero-order valence-corrected chi connectivity index (χ0v) is 13.2. The number of methoxy groups -OCH3 is 1. The van der Waals surface area contributed by atoms with E-state index in [1.54, 1.807) is 19.3 Å². The van der Waals surface area contributed by atoms with Gasteiger partial charge in [0.2, 0.25) is 0 Å². The maximum Gasteiger partial charge on any atom is 0.417 e. The maximum atomic E-state index is 12.5. The fourth-order valence-electron chi connectivity index (χ4n) is 2.16. The number of halogens is 3. The Morgan fingerprint density at radius 3 is 2.35 bits per heavy atom. The molecule has 0 fully saturated rings. The van der Waals surface area contributed by atoms with E-state index in [4.69, 9.17) is 4.74 Å². The van der Waals surface area contributed by atoms with Crippen LogP contribution in [-0.4, -0.2) is 12.1 Å². The molecular formula is C18H18F3NO. The molecule has 1 heterocycles. The molecule has 0 N–H and O–H groups in total.